The van der Waals surface area contributed by atoms with Gasteiger partial charge in [0.1, 0.15) is 10.1 Å². The van der Waals surface area contributed by atoms with Crippen LogP contribution >= 0.6 is 0 Å². The topological polar surface area (TPSA) is 91.3 Å². The van der Waals surface area contributed by atoms with Gasteiger partial charge in [0.15, 0.2) is 5.88 Å². The van der Waals surface area contributed by atoms with Crippen LogP contribution in [0.2, 0.25) is 0 Å². The van der Waals surface area contributed by atoms with Crippen LogP contribution in [-0.2, 0) is 20.0 Å². The number of aryl methyl sites for hydroxylation is 1. The fourth-order valence-electron chi connectivity index (χ4n) is 3.46. The van der Waals surface area contributed by atoms with Crippen LogP contribution in [0.3, 0.4) is 0 Å². The Bertz CT molecular complexity index is 830. The van der Waals surface area contributed by atoms with Gasteiger partial charge < -0.3 is 9.04 Å². The lowest BCUT2D eigenvalue weighted by Crippen LogP contribution is -2.47. The highest BCUT2D eigenvalue weighted by molar-refractivity contribution is 7.91. The Labute approximate surface area is 204 Å². The number of unbranched alkanes of at least 4 members (excludes halogenated alkanes) is 9. The molecule has 0 bridgehead atoms. The van der Waals surface area contributed by atoms with Gasteiger partial charge in [-0.15, -0.1) is 0 Å². The minimum absolute atomic E-state index is 0.178. The molecule has 0 heterocycles. The number of nitrogens with zero attached hydrogens (tertiary/aromatic N) is 1. The Hall–Kier alpha value is -0.960. The molecular formula is C25H47NO5S2. The fourth-order valence-corrected chi connectivity index (χ4v) is 6.02. The van der Waals surface area contributed by atoms with Crippen molar-refractivity contribution < 1.29 is 25.9 Å². The Morgan fingerprint density at radius 1 is 0.727 bits per heavy atom. The van der Waals surface area contributed by atoms with E-state index < -0.39 is 20.0 Å². The molecule has 33 heavy (non-hydrogen) atoms. The first-order valence-electron chi connectivity index (χ1n) is 12.5. The summed E-state index contributed by atoms with van der Waals surface area (Å²) >= 11 is 0. The Kier molecular flexibility index (Phi) is 16.1. The van der Waals surface area contributed by atoms with E-state index in [0.717, 1.165) is 31.5 Å². The summed E-state index contributed by atoms with van der Waals surface area (Å²) < 4.78 is 56.2. The standard InChI is InChI=1S/C18H40NO2S.C7H8O3S/c1-5-8-9-10-11-12-13-14-15-16-17-22(20,21)18-19(4,6-2)7-3;1-6-2-4-7(5-3-6)11(8,9)10/h5-18H2,1-4H3;2-5H,1H3,(H,8,9,10)/q+1;/p-1. The van der Waals surface area contributed by atoms with E-state index in [1.54, 1.807) is 12.1 Å². The van der Waals surface area contributed by atoms with Crippen LogP contribution in [-0.4, -0.2) is 57.6 Å². The zero-order chi connectivity index (χ0) is 25.4. The number of hydrogen-bond acceptors (Lipinski definition) is 5. The third-order valence-electron chi connectivity index (χ3n) is 6.15. The van der Waals surface area contributed by atoms with E-state index in [9.17, 15) is 21.4 Å². The molecule has 0 saturated heterocycles. The Morgan fingerprint density at radius 2 is 1.15 bits per heavy atom. The monoisotopic (exact) mass is 505 g/mol. The second-order valence-corrected chi connectivity index (χ2v) is 12.8. The van der Waals surface area contributed by atoms with Crippen molar-refractivity contribution in [2.45, 2.75) is 96.8 Å². The van der Waals surface area contributed by atoms with Crippen molar-refractivity contribution >= 4 is 20.0 Å². The quantitative estimate of drug-likeness (QED) is 0.164. The Morgan fingerprint density at radius 3 is 1.55 bits per heavy atom. The van der Waals surface area contributed by atoms with E-state index in [4.69, 9.17) is 0 Å². The predicted molar refractivity (Wildman–Crippen MR) is 137 cm³/mol. The smallest absolute Gasteiger partial charge is 0.200 e. The second kappa shape index (κ2) is 16.6. The highest BCUT2D eigenvalue weighted by atomic mass is 32.2. The summed E-state index contributed by atoms with van der Waals surface area (Å²) in [7, 11) is -5.13. The largest absolute Gasteiger partial charge is 0.744 e. The van der Waals surface area contributed by atoms with E-state index in [1.165, 1.54) is 63.5 Å². The average molecular weight is 506 g/mol. The van der Waals surface area contributed by atoms with Gasteiger partial charge in [0.25, 0.3) is 0 Å². The molecule has 0 N–H and O–H groups in total. The van der Waals surface area contributed by atoms with Crippen LogP contribution < -0.4 is 0 Å². The number of benzene rings is 1. The molecule has 1 rings (SSSR count). The van der Waals surface area contributed by atoms with E-state index in [-0.39, 0.29) is 4.90 Å². The molecule has 0 atom stereocenters. The molecule has 0 aliphatic carbocycles. The summed E-state index contributed by atoms with van der Waals surface area (Å²) in [6, 6.07) is 5.78. The normalized spacial score (nSPS) is 12.3. The van der Waals surface area contributed by atoms with Crippen molar-refractivity contribution in [2.24, 2.45) is 0 Å². The lowest BCUT2D eigenvalue weighted by atomic mass is 10.1. The maximum atomic E-state index is 12.2. The van der Waals surface area contributed by atoms with Crippen LogP contribution in [0.15, 0.2) is 29.2 Å². The predicted octanol–water partition coefficient (Wildman–Crippen LogP) is 5.67. The fraction of sp³-hybridized carbons (Fsp3) is 0.760. The molecular weight excluding hydrogens is 458 g/mol. The van der Waals surface area contributed by atoms with Crippen LogP contribution in [0.4, 0.5) is 0 Å². The maximum Gasteiger partial charge on any atom is 0.200 e. The summed E-state index contributed by atoms with van der Waals surface area (Å²) in [6.45, 7) is 9.97. The average Bonchev–Trinajstić information content (AvgIpc) is 2.74. The number of quaternary nitrogens is 1. The van der Waals surface area contributed by atoms with Gasteiger partial charge in [-0.05, 0) is 39.3 Å². The molecule has 0 unspecified atom stereocenters. The van der Waals surface area contributed by atoms with Crippen molar-refractivity contribution in [2.75, 3.05) is 31.8 Å². The number of sulfone groups is 1. The lowest BCUT2D eigenvalue weighted by molar-refractivity contribution is -0.894. The molecule has 194 valence electrons. The van der Waals surface area contributed by atoms with Crippen molar-refractivity contribution in [1.82, 2.24) is 0 Å². The zero-order valence-corrected chi connectivity index (χ0v) is 23.1. The summed E-state index contributed by atoms with van der Waals surface area (Å²) in [5.74, 6) is 0.675. The van der Waals surface area contributed by atoms with Crippen molar-refractivity contribution in [3.63, 3.8) is 0 Å². The molecule has 0 aliphatic rings. The summed E-state index contributed by atoms with van der Waals surface area (Å²) in [4.78, 5) is -0.178. The highest BCUT2D eigenvalue weighted by Gasteiger charge is 2.25. The van der Waals surface area contributed by atoms with Gasteiger partial charge in [-0.25, -0.2) is 16.8 Å². The highest BCUT2D eigenvalue weighted by Crippen LogP contribution is 2.13. The van der Waals surface area contributed by atoms with Gasteiger partial charge in [-0.2, -0.15) is 0 Å². The van der Waals surface area contributed by atoms with Crippen molar-refractivity contribution in [3.8, 4) is 0 Å². The van der Waals surface area contributed by atoms with Gasteiger partial charge in [0.2, 0.25) is 9.84 Å². The first-order valence-corrected chi connectivity index (χ1v) is 15.7. The molecule has 0 fully saturated rings. The molecule has 0 saturated carbocycles. The van der Waals surface area contributed by atoms with E-state index >= 15 is 0 Å². The Balaban J connectivity index is 0.000000771. The molecule has 0 aliphatic heterocycles. The van der Waals surface area contributed by atoms with E-state index in [0.29, 0.717) is 16.1 Å². The van der Waals surface area contributed by atoms with Gasteiger partial charge in [-0.1, -0.05) is 82.4 Å². The summed E-state index contributed by atoms with van der Waals surface area (Å²) in [6.07, 6.45) is 12.4. The number of rotatable bonds is 16. The van der Waals surface area contributed by atoms with Gasteiger partial charge in [0, 0.05) is 0 Å². The minimum atomic E-state index is -4.27. The minimum Gasteiger partial charge on any atom is -0.744 e. The molecule has 6 nitrogen and oxygen atoms in total. The summed E-state index contributed by atoms with van der Waals surface area (Å²) in [5.41, 5.74) is 0.928. The molecule has 0 radical (unpaired) electrons. The SMILES string of the molecule is CCCCCCCCCCCCS(=O)(=O)C[N+](C)(CC)CC.Cc1ccc(S(=O)(=O)[O-])cc1. The lowest BCUT2D eigenvalue weighted by Gasteiger charge is -2.31. The molecule has 0 amide bonds. The van der Waals surface area contributed by atoms with Gasteiger partial charge >= 0.3 is 0 Å². The second-order valence-electron chi connectivity index (χ2n) is 9.28. The molecule has 0 aromatic heterocycles. The molecule has 8 heteroatoms. The first-order chi connectivity index (χ1) is 15.4. The zero-order valence-electron chi connectivity index (χ0n) is 21.5. The third kappa shape index (κ3) is 16.3. The maximum absolute atomic E-state index is 12.2. The first kappa shape index (κ1) is 32.0. The van der Waals surface area contributed by atoms with Crippen LogP contribution in [0.1, 0.15) is 90.5 Å². The van der Waals surface area contributed by atoms with Crippen molar-refractivity contribution in [1.29, 1.82) is 0 Å². The van der Waals surface area contributed by atoms with Crippen LogP contribution in [0.25, 0.3) is 0 Å². The molecule has 0 spiro atoms. The summed E-state index contributed by atoms with van der Waals surface area (Å²) in [5, 5.41) is 0. The van der Waals surface area contributed by atoms with E-state index in [2.05, 4.69) is 20.8 Å². The molecule has 1 aromatic carbocycles. The van der Waals surface area contributed by atoms with E-state index in [1.807, 2.05) is 14.0 Å². The van der Waals surface area contributed by atoms with Gasteiger partial charge in [-0.3, -0.25) is 0 Å². The number of hydrogen-bond donors (Lipinski definition) is 0. The third-order valence-corrected chi connectivity index (χ3v) is 8.93. The van der Waals surface area contributed by atoms with Crippen LogP contribution in [0, 0.1) is 6.92 Å². The van der Waals surface area contributed by atoms with Gasteiger partial charge in [0.05, 0.1) is 30.8 Å². The molecule has 1 aromatic rings. The van der Waals surface area contributed by atoms with Crippen molar-refractivity contribution in [3.05, 3.63) is 29.8 Å². The van der Waals surface area contributed by atoms with Crippen LogP contribution in [0.5, 0.6) is 0 Å².